The van der Waals surface area contributed by atoms with E-state index < -0.39 is 5.60 Å². The zero-order chi connectivity index (χ0) is 15.1. The van der Waals surface area contributed by atoms with Crippen molar-refractivity contribution in [1.29, 1.82) is 5.26 Å². The third-order valence-electron chi connectivity index (χ3n) is 4.21. The molecule has 0 heterocycles. The number of methoxy groups -OCH3 is 1. The van der Waals surface area contributed by atoms with Crippen molar-refractivity contribution in [2.45, 2.75) is 50.7 Å². The molecular formula is C17H24N2O2. The van der Waals surface area contributed by atoms with E-state index in [4.69, 9.17) is 10.00 Å². The molecule has 1 saturated carbocycles. The van der Waals surface area contributed by atoms with Crippen LogP contribution in [0.25, 0.3) is 0 Å². The molecule has 0 saturated heterocycles. The normalized spacial score (nSPS) is 17.8. The van der Waals surface area contributed by atoms with Crippen molar-refractivity contribution in [3.05, 3.63) is 29.3 Å². The molecule has 0 unspecified atom stereocenters. The van der Waals surface area contributed by atoms with Crippen LogP contribution in [0, 0.1) is 11.3 Å². The average molecular weight is 288 g/mol. The van der Waals surface area contributed by atoms with Crippen LogP contribution >= 0.6 is 0 Å². The van der Waals surface area contributed by atoms with E-state index in [1.807, 2.05) is 12.1 Å². The summed E-state index contributed by atoms with van der Waals surface area (Å²) >= 11 is 0. The van der Waals surface area contributed by atoms with Gasteiger partial charge in [-0.1, -0.05) is 25.7 Å². The van der Waals surface area contributed by atoms with E-state index in [0.717, 1.165) is 37.0 Å². The fourth-order valence-corrected chi connectivity index (χ4v) is 2.98. The Balaban J connectivity index is 1.95. The summed E-state index contributed by atoms with van der Waals surface area (Å²) in [7, 11) is 1.63. The number of rotatable bonds is 5. The first kappa shape index (κ1) is 15.8. The van der Waals surface area contributed by atoms with Crippen LogP contribution in [0.3, 0.4) is 0 Å². The van der Waals surface area contributed by atoms with Crippen LogP contribution in [0.2, 0.25) is 0 Å². The monoisotopic (exact) mass is 288 g/mol. The second-order valence-corrected chi connectivity index (χ2v) is 5.88. The minimum Gasteiger partial charge on any atom is -0.496 e. The Morgan fingerprint density at radius 3 is 2.62 bits per heavy atom. The molecule has 0 aliphatic heterocycles. The maximum absolute atomic E-state index is 10.6. The number of nitrogens with zero attached hydrogens (tertiary/aromatic N) is 1. The lowest BCUT2D eigenvalue weighted by Crippen LogP contribution is -2.39. The van der Waals surface area contributed by atoms with Gasteiger partial charge in [-0.15, -0.1) is 0 Å². The van der Waals surface area contributed by atoms with Crippen LogP contribution in [0.4, 0.5) is 0 Å². The van der Waals surface area contributed by atoms with Crippen molar-refractivity contribution in [2.24, 2.45) is 0 Å². The third kappa shape index (κ3) is 4.45. The van der Waals surface area contributed by atoms with Crippen LogP contribution in [-0.2, 0) is 6.54 Å². The standard InChI is InChI=1S/C17H24N2O2/c1-21-16-7-6-14(11-18)10-15(16)12-19-13-17(20)8-4-2-3-5-9-17/h6-7,10,19-20H,2-5,8-9,12-13H2,1H3. The molecule has 4 heteroatoms. The average Bonchev–Trinajstić information content (AvgIpc) is 2.72. The number of hydrogen-bond donors (Lipinski definition) is 2. The Bertz CT molecular complexity index is 500. The number of hydrogen-bond acceptors (Lipinski definition) is 4. The van der Waals surface area contributed by atoms with Crippen LogP contribution in [0.15, 0.2) is 18.2 Å². The smallest absolute Gasteiger partial charge is 0.123 e. The second-order valence-electron chi connectivity index (χ2n) is 5.88. The molecule has 4 nitrogen and oxygen atoms in total. The minimum absolute atomic E-state index is 0.587. The Hall–Kier alpha value is -1.57. The maximum atomic E-state index is 10.6. The summed E-state index contributed by atoms with van der Waals surface area (Å²) in [5, 5.41) is 22.9. The molecule has 0 spiro atoms. The molecule has 1 fully saturated rings. The van der Waals surface area contributed by atoms with E-state index in [-0.39, 0.29) is 0 Å². The summed E-state index contributed by atoms with van der Waals surface area (Å²) in [5.74, 6) is 0.773. The number of nitriles is 1. The molecule has 21 heavy (non-hydrogen) atoms. The lowest BCUT2D eigenvalue weighted by atomic mass is 9.94. The van der Waals surface area contributed by atoms with E-state index in [2.05, 4.69) is 11.4 Å². The summed E-state index contributed by atoms with van der Waals surface area (Å²) in [4.78, 5) is 0. The number of nitrogens with one attached hydrogen (secondary N) is 1. The predicted molar refractivity (Wildman–Crippen MR) is 82.1 cm³/mol. The Morgan fingerprint density at radius 2 is 2.00 bits per heavy atom. The van der Waals surface area contributed by atoms with Gasteiger partial charge >= 0.3 is 0 Å². The molecule has 1 aromatic carbocycles. The summed E-state index contributed by atoms with van der Waals surface area (Å²) < 4.78 is 5.32. The Kier molecular flexibility index (Phi) is 5.60. The second kappa shape index (κ2) is 7.44. The van der Waals surface area contributed by atoms with Gasteiger partial charge in [0.15, 0.2) is 0 Å². The highest BCUT2D eigenvalue weighted by atomic mass is 16.5. The van der Waals surface area contributed by atoms with E-state index in [0.29, 0.717) is 18.7 Å². The summed E-state index contributed by atoms with van der Waals surface area (Å²) in [5.41, 5.74) is 0.992. The summed E-state index contributed by atoms with van der Waals surface area (Å²) in [6, 6.07) is 7.54. The molecular weight excluding hydrogens is 264 g/mol. The zero-order valence-electron chi connectivity index (χ0n) is 12.7. The molecule has 2 N–H and O–H groups in total. The Labute approximate surface area is 126 Å². The van der Waals surface area contributed by atoms with Gasteiger partial charge < -0.3 is 15.2 Å². The van der Waals surface area contributed by atoms with Gasteiger partial charge in [0.05, 0.1) is 24.3 Å². The fraction of sp³-hybridized carbons (Fsp3) is 0.588. The zero-order valence-corrected chi connectivity index (χ0v) is 12.7. The van der Waals surface area contributed by atoms with Gasteiger partial charge in [0.25, 0.3) is 0 Å². The molecule has 0 amide bonds. The van der Waals surface area contributed by atoms with Gasteiger partial charge in [-0.25, -0.2) is 0 Å². The largest absolute Gasteiger partial charge is 0.496 e. The van der Waals surface area contributed by atoms with Crippen LogP contribution in [0.1, 0.15) is 49.7 Å². The molecule has 0 radical (unpaired) electrons. The molecule has 0 aromatic heterocycles. The topological polar surface area (TPSA) is 65.3 Å². The van der Waals surface area contributed by atoms with E-state index >= 15 is 0 Å². The highest BCUT2D eigenvalue weighted by Gasteiger charge is 2.27. The number of benzene rings is 1. The number of aliphatic hydroxyl groups is 1. The lowest BCUT2D eigenvalue weighted by molar-refractivity contribution is 0.0250. The SMILES string of the molecule is COc1ccc(C#N)cc1CNCC1(O)CCCCCC1. The van der Waals surface area contributed by atoms with Crippen LogP contribution in [-0.4, -0.2) is 24.4 Å². The fourth-order valence-electron chi connectivity index (χ4n) is 2.98. The lowest BCUT2D eigenvalue weighted by Gasteiger charge is -2.27. The first-order chi connectivity index (χ1) is 10.2. The number of ether oxygens (including phenoxy) is 1. The molecule has 1 aliphatic rings. The Morgan fingerprint density at radius 1 is 1.29 bits per heavy atom. The molecule has 1 aromatic rings. The van der Waals surface area contributed by atoms with Crippen molar-refractivity contribution in [1.82, 2.24) is 5.32 Å². The first-order valence-electron chi connectivity index (χ1n) is 7.67. The predicted octanol–water partition coefficient (Wildman–Crippen LogP) is 2.74. The molecule has 1 aliphatic carbocycles. The quantitative estimate of drug-likeness (QED) is 0.818. The maximum Gasteiger partial charge on any atom is 0.123 e. The van der Waals surface area contributed by atoms with Gasteiger partial charge in [0.2, 0.25) is 0 Å². The van der Waals surface area contributed by atoms with E-state index in [9.17, 15) is 5.11 Å². The van der Waals surface area contributed by atoms with Gasteiger partial charge in [0, 0.05) is 18.7 Å². The highest BCUT2D eigenvalue weighted by molar-refractivity contribution is 5.41. The van der Waals surface area contributed by atoms with Crippen molar-refractivity contribution in [2.75, 3.05) is 13.7 Å². The molecule has 2 rings (SSSR count). The highest BCUT2D eigenvalue weighted by Crippen LogP contribution is 2.26. The van der Waals surface area contributed by atoms with Crippen molar-refractivity contribution in [3.63, 3.8) is 0 Å². The van der Waals surface area contributed by atoms with Crippen molar-refractivity contribution >= 4 is 0 Å². The van der Waals surface area contributed by atoms with Crippen LogP contribution < -0.4 is 10.1 Å². The first-order valence-corrected chi connectivity index (χ1v) is 7.67. The van der Waals surface area contributed by atoms with E-state index in [1.54, 1.807) is 13.2 Å². The van der Waals surface area contributed by atoms with Crippen molar-refractivity contribution < 1.29 is 9.84 Å². The third-order valence-corrected chi connectivity index (χ3v) is 4.21. The minimum atomic E-state index is -0.587. The van der Waals surface area contributed by atoms with E-state index in [1.165, 1.54) is 12.8 Å². The summed E-state index contributed by atoms with van der Waals surface area (Å²) in [6.07, 6.45) is 6.39. The van der Waals surface area contributed by atoms with Gasteiger partial charge in [0.1, 0.15) is 5.75 Å². The van der Waals surface area contributed by atoms with Gasteiger partial charge in [-0.05, 0) is 31.0 Å². The van der Waals surface area contributed by atoms with Crippen LogP contribution in [0.5, 0.6) is 5.75 Å². The molecule has 0 atom stereocenters. The van der Waals surface area contributed by atoms with Crippen molar-refractivity contribution in [3.8, 4) is 11.8 Å². The van der Waals surface area contributed by atoms with Gasteiger partial charge in [-0.3, -0.25) is 0 Å². The van der Waals surface area contributed by atoms with Gasteiger partial charge in [-0.2, -0.15) is 5.26 Å². The molecule has 114 valence electrons. The molecule has 0 bridgehead atoms. The summed E-state index contributed by atoms with van der Waals surface area (Å²) in [6.45, 7) is 1.19.